The van der Waals surface area contributed by atoms with E-state index in [2.05, 4.69) is 16.0 Å². The average molecular weight is 456 g/mol. The second kappa shape index (κ2) is 10.5. The maximum absolute atomic E-state index is 13.0. The van der Waals surface area contributed by atoms with E-state index in [0.717, 1.165) is 17.7 Å². The highest BCUT2D eigenvalue weighted by Gasteiger charge is 2.30. The zero-order valence-corrected chi connectivity index (χ0v) is 17.8. The van der Waals surface area contributed by atoms with Crippen molar-refractivity contribution in [1.82, 2.24) is 5.32 Å². The van der Waals surface area contributed by atoms with Crippen LogP contribution in [0.5, 0.6) is 0 Å². The Kier molecular flexibility index (Phi) is 7.55. The molecule has 0 heterocycles. The Morgan fingerprint density at radius 2 is 1.55 bits per heavy atom. The smallest absolute Gasteiger partial charge is 0.336 e. The standard InChI is InChI=1S/C24H23F3N4O2/c1-17-10-12-19(13-11-17)29-22(32)28-14-15-31(21-8-3-2-4-9-21)23(33)30-20-7-5-6-18(16-20)24(25,26)27/h2-13,16H,14-15H2,1H3,(H,30,33)(H2,28,29,32). The highest BCUT2D eigenvalue weighted by Crippen LogP contribution is 2.30. The Labute approximate surface area is 189 Å². The number of aryl methyl sites for hydroxylation is 1. The number of nitrogens with one attached hydrogen (secondary N) is 3. The minimum absolute atomic E-state index is 0.0147. The summed E-state index contributed by atoms with van der Waals surface area (Å²) < 4.78 is 38.9. The number of benzene rings is 3. The normalized spacial score (nSPS) is 10.9. The van der Waals surface area contributed by atoms with Gasteiger partial charge in [-0.15, -0.1) is 0 Å². The van der Waals surface area contributed by atoms with Crippen LogP contribution < -0.4 is 20.9 Å². The molecule has 0 fully saturated rings. The van der Waals surface area contributed by atoms with Crippen molar-refractivity contribution in [2.75, 3.05) is 28.6 Å². The van der Waals surface area contributed by atoms with Gasteiger partial charge in [-0.05, 0) is 49.4 Å². The van der Waals surface area contributed by atoms with E-state index in [1.165, 1.54) is 17.0 Å². The lowest BCUT2D eigenvalue weighted by molar-refractivity contribution is -0.137. The second-order valence-corrected chi connectivity index (χ2v) is 7.24. The summed E-state index contributed by atoms with van der Waals surface area (Å²) in [4.78, 5) is 26.4. The molecule has 4 amide bonds. The number of rotatable bonds is 6. The number of para-hydroxylation sites is 1. The molecule has 3 rings (SSSR count). The van der Waals surface area contributed by atoms with Crippen LogP contribution in [-0.2, 0) is 6.18 Å². The predicted molar refractivity (Wildman–Crippen MR) is 122 cm³/mol. The summed E-state index contributed by atoms with van der Waals surface area (Å²) in [5, 5.41) is 7.86. The molecule has 0 aliphatic heterocycles. The van der Waals surface area contributed by atoms with Gasteiger partial charge in [0.1, 0.15) is 0 Å². The lowest BCUT2D eigenvalue weighted by Gasteiger charge is -2.24. The SMILES string of the molecule is Cc1ccc(NC(=O)NCCN(C(=O)Nc2cccc(C(F)(F)F)c2)c2ccccc2)cc1. The highest BCUT2D eigenvalue weighted by atomic mass is 19.4. The van der Waals surface area contributed by atoms with Crippen molar-refractivity contribution in [2.24, 2.45) is 0 Å². The fourth-order valence-corrected chi connectivity index (χ4v) is 3.01. The molecule has 0 aliphatic rings. The van der Waals surface area contributed by atoms with Crippen molar-refractivity contribution in [3.05, 3.63) is 90.0 Å². The number of carbonyl (C=O) groups is 2. The van der Waals surface area contributed by atoms with E-state index in [-0.39, 0.29) is 18.8 Å². The monoisotopic (exact) mass is 456 g/mol. The number of hydrogen-bond donors (Lipinski definition) is 3. The Balaban J connectivity index is 1.64. The molecular formula is C24H23F3N4O2. The van der Waals surface area contributed by atoms with Crippen LogP contribution in [0.4, 0.5) is 39.8 Å². The third-order valence-corrected chi connectivity index (χ3v) is 4.68. The first-order chi connectivity index (χ1) is 15.7. The number of urea groups is 2. The largest absolute Gasteiger partial charge is 0.416 e. The Bertz CT molecular complexity index is 1090. The quantitative estimate of drug-likeness (QED) is 0.434. The molecule has 0 spiro atoms. The molecule has 3 N–H and O–H groups in total. The van der Waals surface area contributed by atoms with Gasteiger partial charge in [-0.2, -0.15) is 13.2 Å². The molecule has 9 heteroatoms. The van der Waals surface area contributed by atoms with Crippen LogP contribution in [0, 0.1) is 6.92 Å². The van der Waals surface area contributed by atoms with Gasteiger partial charge in [-0.3, -0.25) is 4.90 Å². The van der Waals surface area contributed by atoms with Gasteiger partial charge in [-0.25, -0.2) is 9.59 Å². The molecule has 0 saturated heterocycles. The van der Waals surface area contributed by atoms with Crippen molar-refractivity contribution in [2.45, 2.75) is 13.1 Å². The van der Waals surface area contributed by atoms with E-state index in [1.54, 1.807) is 42.5 Å². The van der Waals surface area contributed by atoms with E-state index in [1.807, 2.05) is 19.1 Å². The molecule has 6 nitrogen and oxygen atoms in total. The third kappa shape index (κ3) is 6.99. The molecule has 0 radical (unpaired) electrons. The summed E-state index contributed by atoms with van der Waals surface area (Å²) in [6, 6.07) is 19.2. The second-order valence-electron chi connectivity index (χ2n) is 7.24. The molecule has 0 unspecified atom stereocenters. The first kappa shape index (κ1) is 23.6. The summed E-state index contributed by atoms with van der Waals surface area (Å²) in [5.74, 6) is 0. The van der Waals surface area contributed by atoms with Gasteiger partial charge in [0, 0.05) is 30.2 Å². The Morgan fingerprint density at radius 1 is 0.848 bits per heavy atom. The average Bonchev–Trinajstić information content (AvgIpc) is 2.78. The zero-order valence-electron chi connectivity index (χ0n) is 17.8. The number of anilines is 3. The maximum Gasteiger partial charge on any atom is 0.416 e. The first-order valence-corrected chi connectivity index (χ1v) is 10.1. The van der Waals surface area contributed by atoms with Gasteiger partial charge in [0.05, 0.1) is 5.56 Å². The summed E-state index contributed by atoms with van der Waals surface area (Å²) in [5.41, 5.74) is 1.37. The Morgan fingerprint density at radius 3 is 2.21 bits per heavy atom. The molecular weight excluding hydrogens is 433 g/mol. The van der Waals surface area contributed by atoms with Gasteiger partial charge >= 0.3 is 18.2 Å². The Hall–Kier alpha value is -4.01. The van der Waals surface area contributed by atoms with Crippen molar-refractivity contribution in [1.29, 1.82) is 0 Å². The lowest BCUT2D eigenvalue weighted by Crippen LogP contribution is -2.42. The van der Waals surface area contributed by atoms with Crippen LogP contribution in [0.1, 0.15) is 11.1 Å². The van der Waals surface area contributed by atoms with Crippen molar-refractivity contribution < 1.29 is 22.8 Å². The van der Waals surface area contributed by atoms with E-state index in [0.29, 0.717) is 11.4 Å². The predicted octanol–water partition coefficient (Wildman–Crippen LogP) is 5.87. The van der Waals surface area contributed by atoms with Gasteiger partial charge < -0.3 is 16.0 Å². The number of carbonyl (C=O) groups excluding carboxylic acids is 2. The fourth-order valence-electron chi connectivity index (χ4n) is 3.01. The summed E-state index contributed by atoms with van der Waals surface area (Å²) >= 11 is 0. The van der Waals surface area contributed by atoms with E-state index < -0.39 is 23.8 Å². The molecule has 0 aliphatic carbocycles. The van der Waals surface area contributed by atoms with Crippen molar-refractivity contribution >= 4 is 29.1 Å². The number of alkyl halides is 3. The molecule has 0 atom stereocenters. The molecule has 0 bridgehead atoms. The van der Waals surface area contributed by atoms with Crippen LogP contribution in [0.15, 0.2) is 78.9 Å². The summed E-state index contributed by atoms with van der Waals surface area (Å²) in [6.07, 6.45) is -4.52. The van der Waals surface area contributed by atoms with Gasteiger partial charge in [-0.1, -0.05) is 42.0 Å². The molecule has 33 heavy (non-hydrogen) atoms. The van der Waals surface area contributed by atoms with Crippen molar-refractivity contribution in [3.8, 4) is 0 Å². The minimum Gasteiger partial charge on any atom is -0.336 e. The topological polar surface area (TPSA) is 73.5 Å². The van der Waals surface area contributed by atoms with E-state index in [9.17, 15) is 22.8 Å². The van der Waals surface area contributed by atoms with Gasteiger partial charge in [0.15, 0.2) is 0 Å². The number of amides is 4. The van der Waals surface area contributed by atoms with Crippen LogP contribution in [0.2, 0.25) is 0 Å². The van der Waals surface area contributed by atoms with E-state index >= 15 is 0 Å². The summed E-state index contributed by atoms with van der Waals surface area (Å²) in [7, 11) is 0. The van der Waals surface area contributed by atoms with Crippen LogP contribution >= 0.6 is 0 Å². The van der Waals surface area contributed by atoms with Gasteiger partial charge in [0.2, 0.25) is 0 Å². The van der Waals surface area contributed by atoms with Gasteiger partial charge in [0.25, 0.3) is 0 Å². The number of halogens is 3. The molecule has 3 aromatic rings. The van der Waals surface area contributed by atoms with Crippen LogP contribution in [0.25, 0.3) is 0 Å². The lowest BCUT2D eigenvalue weighted by atomic mass is 10.2. The number of hydrogen-bond acceptors (Lipinski definition) is 2. The molecule has 3 aromatic carbocycles. The van der Waals surface area contributed by atoms with E-state index in [4.69, 9.17) is 0 Å². The zero-order chi connectivity index (χ0) is 23.8. The molecule has 0 aromatic heterocycles. The third-order valence-electron chi connectivity index (χ3n) is 4.68. The summed E-state index contributed by atoms with van der Waals surface area (Å²) in [6.45, 7) is 2.14. The molecule has 0 saturated carbocycles. The first-order valence-electron chi connectivity index (χ1n) is 10.1. The van der Waals surface area contributed by atoms with Crippen LogP contribution in [0.3, 0.4) is 0 Å². The highest BCUT2D eigenvalue weighted by molar-refractivity contribution is 6.01. The minimum atomic E-state index is -4.52. The van der Waals surface area contributed by atoms with Crippen LogP contribution in [-0.4, -0.2) is 25.2 Å². The number of nitrogens with zero attached hydrogens (tertiary/aromatic N) is 1. The maximum atomic E-state index is 13.0. The molecule has 172 valence electrons. The van der Waals surface area contributed by atoms with Crippen molar-refractivity contribution in [3.63, 3.8) is 0 Å². The fraction of sp³-hybridized carbons (Fsp3) is 0.167.